The van der Waals surface area contributed by atoms with Gasteiger partial charge in [-0.1, -0.05) is 7.43 Å². The van der Waals surface area contributed by atoms with Crippen LogP contribution in [0.3, 0.4) is 0 Å². The van der Waals surface area contributed by atoms with Crippen molar-refractivity contribution in [2.45, 2.75) is 43.9 Å². The van der Waals surface area contributed by atoms with E-state index >= 15 is 0 Å². The minimum Gasteiger partial charge on any atom is -0.375 e. The summed E-state index contributed by atoms with van der Waals surface area (Å²) in [6.07, 6.45) is -12.8. The van der Waals surface area contributed by atoms with E-state index in [2.05, 4.69) is 14.0 Å². The first-order chi connectivity index (χ1) is 11.9. The van der Waals surface area contributed by atoms with Crippen LogP contribution >= 0.6 is 8.03 Å². The predicted octanol–water partition coefficient (Wildman–Crippen LogP) is 5.50. The summed E-state index contributed by atoms with van der Waals surface area (Å²) in [6, 6.07) is 0. The van der Waals surface area contributed by atoms with Gasteiger partial charge in [-0.2, -0.15) is 48.3 Å². The highest BCUT2D eigenvalue weighted by molar-refractivity contribution is 7.38. The molecule has 0 N–H and O–H groups in total. The average molecular weight is 465 g/mol. The highest BCUT2D eigenvalue weighted by Crippen LogP contribution is 2.47. The molecule has 0 heterocycles. The molecule has 0 aliphatic carbocycles. The molecule has 0 aromatic heterocycles. The van der Waals surface area contributed by atoms with Crippen molar-refractivity contribution in [1.82, 2.24) is 0 Å². The van der Waals surface area contributed by atoms with E-state index in [0.717, 1.165) is 0 Å². The molecule has 0 aromatic carbocycles. The minimum absolute atomic E-state index is 0. The van der Waals surface area contributed by atoms with Gasteiger partial charge in [0.1, 0.15) is 19.8 Å². The Labute approximate surface area is 153 Å². The fraction of sp³-hybridized carbons (Fsp3) is 1.00. The van der Waals surface area contributed by atoms with Crippen LogP contribution in [0.15, 0.2) is 0 Å². The number of hydrogen-bond acceptors (Lipinski definition) is 4. The first kappa shape index (κ1) is 29.4. The van der Waals surface area contributed by atoms with Crippen LogP contribution in [0.1, 0.15) is 13.8 Å². The van der Waals surface area contributed by atoms with Gasteiger partial charge in [0.05, 0.1) is 0 Å². The minimum atomic E-state index is -6.83. The molecule has 170 valence electrons. The molecule has 1 unspecified atom stereocenters. The lowest BCUT2D eigenvalue weighted by molar-refractivity contribution is -0.400. The van der Waals surface area contributed by atoms with Crippen molar-refractivity contribution in [3.63, 3.8) is 0 Å². The number of alkyl halides is 11. The SMILES string of the molecule is C.C[P+](=O)OCCCOCC(F)(F)C(F)(F)OCC(F)(F)C(F)(F)C(F)(F)F. The van der Waals surface area contributed by atoms with Crippen LogP contribution in [0.25, 0.3) is 0 Å². The third-order valence-corrected chi connectivity index (χ3v) is 3.21. The molecule has 0 radical (unpaired) electrons. The van der Waals surface area contributed by atoms with Crippen LogP contribution in [0.5, 0.6) is 0 Å². The lowest BCUT2D eigenvalue weighted by Gasteiger charge is -2.31. The Bertz CT molecular complexity index is 496. The van der Waals surface area contributed by atoms with E-state index in [1.54, 1.807) is 0 Å². The summed E-state index contributed by atoms with van der Waals surface area (Å²) in [5, 5.41) is 0. The van der Waals surface area contributed by atoms with Crippen molar-refractivity contribution in [1.29, 1.82) is 0 Å². The summed E-state index contributed by atoms with van der Waals surface area (Å²) in [4.78, 5) is 0. The van der Waals surface area contributed by atoms with Gasteiger partial charge in [-0.3, -0.25) is 0 Å². The highest BCUT2D eigenvalue weighted by atomic mass is 31.1. The quantitative estimate of drug-likeness (QED) is 0.217. The molecular formula is C12H17F11O4P+. The van der Waals surface area contributed by atoms with Gasteiger partial charge >= 0.3 is 38.1 Å². The molecule has 16 heteroatoms. The van der Waals surface area contributed by atoms with Crippen molar-refractivity contribution in [2.75, 3.05) is 33.1 Å². The van der Waals surface area contributed by atoms with Gasteiger partial charge in [0.2, 0.25) is 0 Å². The predicted molar refractivity (Wildman–Crippen MR) is 73.4 cm³/mol. The third-order valence-electron chi connectivity index (χ3n) is 2.67. The van der Waals surface area contributed by atoms with Gasteiger partial charge in [0.15, 0.2) is 6.66 Å². The number of rotatable bonds is 12. The smallest absolute Gasteiger partial charge is 0.375 e. The Balaban J connectivity index is 0. The molecule has 0 aromatic rings. The van der Waals surface area contributed by atoms with Crippen molar-refractivity contribution in [3.8, 4) is 0 Å². The topological polar surface area (TPSA) is 44.8 Å². The molecule has 0 saturated heterocycles. The molecule has 0 amide bonds. The van der Waals surface area contributed by atoms with Gasteiger partial charge in [0.25, 0.3) is 0 Å². The maximum absolute atomic E-state index is 13.2. The molecular weight excluding hydrogens is 448 g/mol. The second-order valence-corrected chi connectivity index (χ2v) is 6.10. The number of ether oxygens (including phenoxy) is 2. The van der Waals surface area contributed by atoms with Gasteiger partial charge in [-0.15, -0.1) is 4.52 Å². The molecule has 4 nitrogen and oxygen atoms in total. The van der Waals surface area contributed by atoms with E-state index in [4.69, 9.17) is 0 Å². The zero-order valence-electron chi connectivity index (χ0n) is 13.3. The fourth-order valence-electron chi connectivity index (χ4n) is 1.22. The van der Waals surface area contributed by atoms with Crippen molar-refractivity contribution >= 4 is 8.03 Å². The van der Waals surface area contributed by atoms with E-state index in [-0.39, 0.29) is 20.5 Å². The second kappa shape index (κ2) is 10.3. The summed E-state index contributed by atoms with van der Waals surface area (Å²) in [5.74, 6) is -18.4. The van der Waals surface area contributed by atoms with Crippen LogP contribution in [-0.2, 0) is 18.6 Å². The maximum atomic E-state index is 13.2. The van der Waals surface area contributed by atoms with Crippen LogP contribution < -0.4 is 0 Å². The van der Waals surface area contributed by atoms with E-state index in [9.17, 15) is 52.9 Å². The zero-order chi connectivity index (χ0) is 21.7. The maximum Gasteiger partial charge on any atom is 0.504 e. The number of hydrogen-bond donors (Lipinski definition) is 0. The second-order valence-electron chi connectivity index (χ2n) is 4.97. The molecule has 0 fully saturated rings. The first-order valence-electron chi connectivity index (χ1n) is 6.71. The van der Waals surface area contributed by atoms with Crippen LogP contribution in [0.4, 0.5) is 48.3 Å². The molecule has 1 atom stereocenters. The Kier molecular flexibility index (Phi) is 10.8. The van der Waals surface area contributed by atoms with E-state index in [1.807, 2.05) is 0 Å². The molecule has 0 saturated carbocycles. The summed E-state index contributed by atoms with van der Waals surface area (Å²) >= 11 is 0. The summed E-state index contributed by atoms with van der Waals surface area (Å²) in [5.41, 5.74) is 0. The van der Waals surface area contributed by atoms with Crippen LogP contribution in [0.2, 0.25) is 0 Å². The normalized spacial score (nSPS) is 14.6. The standard InChI is InChI=1S/C11H13F11O4P.CH4/c1-27(23)26-4-2-3-24-5-8(14,15)11(21,22)25-6-7(12,13)9(16,17)10(18,19)20;/h2-6H2,1H3;1H4/q+1;. The van der Waals surface area contributed by atoms with Crippen molar-refractivity contribution in [2.24, 2.45) is 0 Å². The Morgan fingerprint density at radius 3 is 1.71 bits per heavy atom. The summed E-state index contributed by atoms with van der Waals surface area (Å²) in [6.45, 7) is -5.17. The van der Waals surface area contributed by atoms with Crippen LogP contribution in [-0.4, -0.2) is 63.1 Å². The van der Waals surface area contributed by atoms with Gasteiger partial charge < -0.3 is 9.47 Å². The van der Waals surface area contributed by atoms with E-state index in [1.165, 1.54) is 6.66 Å². The molecule has 0 bridgehead atoms. The molecule has 28 heavy (non-hydrogen) atoms. The van der Waals surface area contributed by atoms with E-state index < -0.39 is 57.9 Å². The molecule has 0 aliphatic rings. The molecule has 0 spiro atoms. The van der Waals surface area contributed by atoms with Gasteiger partial charge in [0, 0.05) is 6.61 Å². The van der Waals surface area contributed by atoms with Crippen molar-refractivity contribution < 1.29 is 66.9 Å². The largest absolute Gasteiger partial charge is 0.504 e. The lowest BCUT2D eigenvalue weighted by Crippen LogP contribution is -2.56. The van der Waals surface area contributed by atoms with Crippen molar-refractivity contribution in [3.05, 3.63) is 0 Å². The Hall–Kier alpha value is -0.790. The lowest BCUT2D eigenvalue weighted by atomic mass is 10.2. The average Bonchev–Trinajstić information content (AvgIpc) is 2.47. The van der Waals surface area contributed by atoms with Gasteiger partial charge in [-0.05, 0) is 11.0 Å². The number of halogens is 11. The molecule has 0 aliphatic heterocycles. The monoisotopic (exact) mass is 465 g/mol. The van der Waals surface area contributed by atoms with E-state index in [0.29, 0.717) is 0 Å². The fourth-order valence-corrected chi connectivity index (χ4v) is 1.61. The first-order valence-corrected chi connectivity index (χ1v) is 8.33. The Morgan fingerprint density at radius 2 is 1.29 bits per heavy atom. The van der Waals surface area contributed by atoms with Crippen LogP contribution in [0, 0.1) is 0 Å². The summed E-state index contributed by atoms with van der Waals surface area (Å²) < 4.78 is 161. The highest BCUT2D eigenvalue weighted by Gasteiger charge is 2.74. The summed E-state index contributed by atoms with van der Waals surface area (Å²) in [7, 11) is -2.00. The molecule has 0 rings (SSSR count). The van der Waals surface area contributed by atoms with Gasteiger partial charge in [-0.25, -0.2) is 0 Å². The zero-order valence-corrected chi connectivity index (χ0v) is 14.2. The third kappa shape index (κ3) is 7.91. The Morgan fingerprint density at radius 1 is 0.786 bits per heavy atom.